The third-order valence-corrected chi connectivity index (χ3v) is 3.19. The van der Waals surface area contributed by atoms with Crippen molar-refractivity contribution in [1.82, 2.24) is 4.98 Å². The molecule has 1 aromatic heterocycles. The van der Waals surface area contributed by atoms with Gasteiger partial charge in [-0.05, 0) is 11.6 Å². The highest BCUT2D eigenvalue weighted by Gasteiger charge is 2.35. The fourth-order valence-electron chi connectivity index (χ4n) is 2.39. The van der Waals surface area contributed by atoms with Gasteiger partial charge in [0.15, 0.2) is 0 Å². The molecular weight excluding hydrogens is 202 g/mol. The van der Waals surface area contributed by atoms with Crippen molar-refractivity contribution >= 4 is 22.5 Å². The maximum absolute atomic E-state index is 11.7. The second-order valence-electron chi connectivity index (χ2n) is 4.16. The van der Waals surface area contributed by atoms with Crippen molar-refractivity contribution in [3.8, 4) is 0 Å². The molecule has 1 aliphatic rings. The molecule has 1 fully saturated rings. The third-order valence-electron chi connectivity index (χ3n) is 3.19. The lowest BCUT2D eigenvalue weighted by Crippen LogP contribution is -2.11. The van der Waals surface area contributed by atoms with Gasteiger partial charge >= 0.3 is 0 Å². The smallest absolute Gasteiger partial charge is 0.148 e. The number of Topliss-reactive ketones (excluding diaryl/α,β-unsaturated/α-hetero) is 2. The van der Waals surface area contributed by atoms with Gasteiger partial charge in [0.05, 0.1) is 0 Å². The van der Waals surface area contributed by atoms with Crippen molar-refractivity contribution in [3.05, 3.63) is 36.0 Å². The van der Waals surface area contributed by atoms with E-state index in [0.29, 0.717) is 12.8 Å². The number of hydrogen-bond acceptors (Lipinski definition) is 2. The summed E-state index contributed by atoms with van der Waals surface area (Å²) < 4.78 is 0. The molecule has 2 aromatic rings. The van der Waals surface area contributed by atoms with E-state index in [1.54, 1.807) is 6.20 Å². The summed E-state index contributed by atoms with van der Waals surface area (Å²) in [4.78, 5) is 26.5. The standard InChI is InChI=1S/C13H11NO2/c15-11-5-6-12(16)13(11)9-7-14-10-4-2-1-3-8(9)10/h1-4,7,13-14H,5-6H2. The van der Waals surface area contributed by atoms with Crippen molar-refractivity contribution in [3.63, 3.8) is 0 Å². The highest BCUT2D eigenvalue weighted by Crippen LogP contribution is 2.32. The molecule has 16 heavy (non-hydrogen) atoms. The first-order chi connectivity index (χ1) is 7.77. The van der Waals surface area contributed by atoms with E-state index >= 15 is 0 Å². The molecule has 0 atom stereocenters. The second-order valence-corrected chi connectivity index (χ2v) is 4.16. The molecule has 0 amide bonds. The molecule has 0 saturated heterocycles. The largest absolute Gasteiger partial charge is 0.361 e. The topological polar surface area (TPSA) is 49.9 Å². The number of para-hydroxylation sites is 1. The predicted molar refractivity (Wildman–Crippen MR) is 60.3 cm³/mol. The molecule has 0 radical (unpaired) electrons. The van der Waals surface area contributed by atoms with Crippen LogP contribution in [0.15, 0.2) is 30.5 Å². The van der Waals surface area contributed by atoms with Crippen LogP contribution in [0.1, 0.15) is 24.3 Å². The Morgan fingerprint density at radius 3 is 2.50 bits per heavy atom. The van der Waals surface area contributed by atoms with Gasteiger partial charge < -0.3 is 4.98 Å². The first-order valence-electron chi connectivity index (χ1n) is 5.39. The van der Waals surface area contributed by atoms with E-state index in [9.17, 15) is 9.59 Å². The number of carbonyl (C=O) groups excluding carboxylic acids is 2. The number of nitrogens with one attached hydrogen (secondary N) is 1. The maximum Gasteiger partial charge on any atom is 0.148 e. The van der Waals surface area contributed by atoms with Gasteiger partial charge in [-0.1, -0.05) is 18.2 Å². The van der Waals surface area contributed by atoms with E-state index in [-0.39, 0.29) is 11.6 Å². The van der Waals surface area contributed by atoms with Gasteiger partial charge in [-0.15, -0.1) is 0 Å². The first kappa shape index (κ1) is 9.33. The van der Waals surface area contributed by atoms with Crippen LogP contribution < -0.4 is 0 Å². The predicted octanol–water partition coefficient (Wildman–Crippen LogP) is 2.18. The zero-order valence-electron chi connectivity index (χ0n) is 8.69. The Hall–Kier alpha value is -1.90. The van der Waals surface area contributed by atoms with E-state index in [1.165, 1.54) is 0 Å². The summed E-state index contributed by atoms with van der Waals surface area (Å²) in [6, 6.07) is 7.74. The molecule has 1 aromatic carbocycles. The number of H-pyrrole nitrogens is 1. The fourth-order valence-corrected chi connectivity index (χ4v) is 2.39. The first-order valence-corrected chi connectivity index (χ1v) is 5.39. The number of fused-ring (bicyclic) bond motifs is 1. The van der Waals surface area contributed by atoms with Crippen molar-refractivity contribution in [2.24, 2.45) is 0 Å². The molecule has 0 bridgehead atoms. The van der Waals surface area contributed by atoms with Crippen molar-refractivity contribution in [1.29, 1.82) is 0 Å². The van der Waals surface area contributed by atoms with Crippen LogP contribution in [-0.4, -0.2) is 16.6 Å². The van der Waals surface area contributed by atoms with Gasteiger partial charge in [-0.2, -0.15) is 0 Å². The highest BCUT2D eigenvalue weighted by atomic mass is 16.2. The molecular formula is C13H11NO2. The highest BCUT2D eigenvalue weighted by molar-refractivity contribution is 6.15. The monoisotopic (exact) mass is 213 g/mol. The molecule has 3 nitrogen and oxygen atoms in total. The summed E-state index contributed by atoms with van der Waals surface area (Å²) in [5, 5.41) is 0.983. The molecule has 3 rings (SSSR count). The van der Waals surface area contributed by atoms with Crippen LogP contribution in [0.2, 0.25) is 0 Å². The van der Waals surface area contributed by atoms with Crippen LogP contribution in [-0.2, 0) is 9.59 Å². The van der Waals surface area contributed by atoms with Crippen LogP contribution in [0.5, 0.6) is 0 Å². The Labute approximate surface area is 92.5 Å². The number of aromatic nitrogens is 1. The maximum atomic E-state index is 11.7. The molecule has 0 unspecified atom stereocenters. The average molecular weight is 213 g/mol. The summed E-state index contributed by atoms with van der Waals surface area (Å²) in [5.74, 6) is -0.430. The van der Waals surface area contributed by atoms with Crippen LogP contribution in [0.4, 0.5) is 0 Å². The van der Waals surface area contributed by atoms with Crippen molar-refractivity contribution in [2.45, 2.75) is 18.8 Å². The van der Waals surface area contributed by atoms with E-state index < -0.39 is 5.92 Å². The van der Waals surface area contributed by atoms with Gasteiger partial charge in [-0.3, -0.25) is 9.59 Å². The number of carbonyl (C=O) groups is 2. The van der Waals surface area contributed by atoms with Gasteiger partial charge in [0.1, 0.15) is 17.5 Å². The van der Waals surface area contributed by atoms with Crippen LogP contribution in [0.25, 0.3) is 10.9 Å². The third kappa shape index (κ3) is 1.21. The van der Waals surface area contributed by atoms with Crippen LogP contribution in [0, 0.1) is 0 Å². The molecule has 3 heteroatoms. The summed E-state index contributed by atoms with van der Waals surface area (Å²) >= 11 is 0. The molecule has 80 valence electrons. The summed E-state index contributed by atoms with van der Waals surface area (Å²) in [5.41, 5.74) is 1.81. The van der Waals surface area contributed by atoms with Crippen molar-refractivity contribution in [2.75, 3.05) is 0 Å². The average Bonchev–Trinajstić information content (AvgIpc) is 2.83. The number of aromatic amines is 1. The zero-order chi connectivity index (χ0) is 11.1. The van der Waals surface area contributed by atoms with Gasteiger partial charge in [-0.25, -0.2) is 0 Å². The normalized spacial score (nSPS) is 17.5. The van der Waals surface area contributed by atoms with Gasteiger partial charge in [0.25, 0.3) is 0 Å². The lowest BCUT2D eigenvalue weighted by Gasteiger charge is -2.04. The summed E-state index contributed by atoms with van der Waals surface area (Å²) in [7, 11) is 0. The van der Waals surface area contributed by atoms with E-state index in [4.69, 9.17) is 0 Å². The quantitative estimate of drug-likeness (QED) is 0.738. The lowest BCUT2D eigenvalue weighted by atomic mass is 9.95. The Morgan fingerprint density at radius 1 is 1.06 bits per heavy atom. The van der Waals surface area contributed by atoms with Crippen LogP contribution >= 0.6 is 0 Å². The molecule has 1 N–H and O–H groups in total. The van der Waals surface area contributed by atoms with Crippen molar-refractivity contribution < 1.29 is 9.59 Å². The SMILES string of the molecule is O=C1CCC(=O)C1c1c[nH]c2ccccc12. The molecule has 1 heterocycles. The lowest BCUT2D eigenvalue weighted by molar-refractivity contribution is -0.123. The van der Waals surface area contributed by atoms with Gasteiger partial charge in [0.2, 0.25) is 0 Å². The Balaban J connectivity index is 2.19. The molecule has 0 spiro atoms. The number of benzene rings is 1. The minimum absolute atomic E-state index is 0.0507. The van der Waals surface area contributed by atoms with E-state index in [2.05, 4.69) is 4.98 Å². The molecule has 0 aliphatic heterocycles. The number of ketones is 2. The minimum Gasteiger partial charge on any atom is -0.361 e. The summed E-state index contributed by atoms with van der Waals surface area (Å²) in [6.07, 6.45) is 2.57. The second kappa shape index (κ2) is 3.30. The Kier molecular flexibility index (Phi) is 1.93. The number of hydrogen-bond donors (Lipinski definition) is 1. The zero-order valence-corrected chi connectivity index (χ0v) is 8.69. The Morgan fingerprint density at radius 2 is 1.75 bits per heavy atom. The van der Waals surface area contributed by atoms with E-state index in [1.807, 2.05) is 24.3 Å². The van der Waals surface area contributed by atoms with Crippen LogP contribution in [0.3, 0.4) is 0 Å². The fraction of sp³-hybridized carbons (Fsp3) is 0.231. The Bertz CT molecular complexity index is 566. The molecule has 1 saturated carbocycles. The number of rotatable bonds is 1. The van der Waals surface area contributed by atoms with E-state index in [0.717, 1.165) is 16.5 Å². The van der Waals surface area contributed by atoms with Gasteiger partial charge in [0, 0.05) is 29.9 Å². The minimum atomic E-state index is -0.531. The summed E-state index contributed by atoms with van der Waals surface area (Å²) in [6.45, 7) is 0. The molecule has 1 aliphatic carbocycles.